The van der Waals surface area contributed by atoms with Gasteiger partial charge in [0, 0.05) is 19.3 Å². The molecule has 1 amide bonds. The van der Waals surface area contributed by atoms with E-state index in [0.29, 0.717) is 5.41 Å². The van der Waals surface area contributed by atoms with E-state index >= 15 is 0 Å². The van der Waals surface area contributed by atoms with Gasteiger partial charge in [0.2, 0.25) is 0 Å². The zero-order chi connectivity index (χ0) is 13.2. The number of aryl methyl sites for hydroxylation is 1. The van der Waals surface area contributed by atoms with Crippen LogP contribution in [-0.2, 0) is 0 Å². The van der Waals surface area contributed by atoms with Gasteiger partial charge in [-0.15, -0.1) is 0 Å². The molecule has 1 fully saturated rings. The van der Waals surface area contributed by atoms with Gasteiger partial charge in [-0.3, -0.25) is 4.79 Å². The number of carbonyl (C=O) groups excluding carboxylic acids is 1. The predicted octanol–water partition coefficient (Wildman–Crippen LogP) is 2.96. The Hall–Kier alpha value is -1.51. The van der Waals surface area contributed by atoms with Crippen molar-refractivity contribution in [3.63, 3.8) is 0 Å². The smallest absolute Gasteiger partial charge is 0.253 e. The zero-order valence-corrected chi connectivity index (χ0v) is 11.5. The molecular weight excluding hydrogens is 224 g/mol. The first-order valence-electron chi connectivity index (χ1n) is 6.61. The van der Waals surface area contributed by atoms with Crippen LogP contribution < -0.4 is 10.6 Å². The van der Waals surface area contributed by atoms with Gasteiger partial charge in [0.1, 0.15) is 0 Å². The molecule has 1 aliphatic carbocycles. The van der Waals surface area contributed by atoms with Crippen LogP contribution in [0.4, 0.5) is 5.69 Å². The number of hydrogen-bond acceptors (Lipinski definition) is 2. The minimum absolute atomic E-state index is 0.0242. The van der Waals surface area contributed by atoms with Crippen molar-refractivity contribution >= 4 is 11.6 Å². The molecule has 1 aliphatic rings. The summed E-state index contributed by atoms with van der Waals surface area (Å²) in [5.74, 6) is 0.0242. The van der Waals surface area contributed by atoms with E-state index in [-0.39, 0.29) is 5.91 Å². The average molecular weight is 246 g/mol. The van der Waals surface area contributed by atoms with Crippen molar-refractivity contribution in [2.45, 2.75) is 33.1 Å². The highest BCUT2D eigenvalue weighted by atomic mass is 16.1. The largest absolute Gasteiger partial charge is 0.387 e. The second kappa shape index (κ2) is 5.01. The molecule has 0 unspecified atom stereocenters. The molecule has 1 aromatic rings. The van der Waals surface area contributed by atoms with E-state index in [2.05, 4.69) is 17.6 Å². The number of rotatable bonds is 4. The highest BCUT2D eigenvalue weighted by Gasteiger charge is 2.32. The standard InChI is InChI=1S/C15H22N2O/c1-11-5-6-13(16-3)12(9-11)14(18)17-10-15(2)7-4-8-15/h5-6,9,16H,4,7-8,10H2,1-3H3,(H,17,18). The van der Waals surface area contributed by atoms with Crippen molar-refractivity contribution in [2.75, 3.05) is 18.9 Å². The van der Waals surface area contributed by atoms with Crippen molar-refractivity contribution in [1.82, 2.24) is 5.32 Å². The van der Waals surface area contributed by atoms with Crippen LogP contribution in [-0.4, -0.2) is 19.5 Å². The SMILES string of the molecule is CNc1ccc(C)cc1C(=O)NCC1(C)CCC1. The summed E-state index contributed by atoms with van der Waals surface area (Å²) in [7, 11) is 1.84. The Bertz CT molecular complexity index is 450. The number of nitrogens with one attached hydrogen (secondary N) is 2. The molecule has 1 aromatic carbocycles. The topological polar surface area (TPSA) is 41.1 Å². The van der Waals surface area contributed by atoms with E-state index in [1.54, 1.807) is 0 Å². The molecule has 0 heterocycles. The van der Waals surface area contributed by atoms with Gasteiger partial charge in [-0.1, -0.05) is 25.0 Å². The minimum Gasteiger partial charge on any atom is -0.387 e. The quantitative estimate of drug-likeness (QED) is 0.857. The lowest BCUT2D eigenvalue weighted by Crippen LogP contribution is -2.40. The van der Waals surface area contributed by atoms with Gasteiger partial charge in [0.25, 0.3) is 5.91 Å². The van der Waals surface area contributed by atoms with Crippen molar-refractivity contribution in [2.24, 2.45) is 5.41 Å². The molecule has 0 radical (unpaired) electrons. The molecule has 0 spiro atoms. The number of carbonyl (C=O) groups is 1. The Kier molecular flexibility index (Phi) is 3.60. The highest BCUT2D eigenvalue weighted by molar-refractivity contribution is 5.99. The molecule has 0 aliphatic heterocycles. The number of amides is 1. The summed E-state index contributed by atoms with van der Waals surface area (Å²) in [5.41, 5.74) is 3.05. The van der Waals surface area contributed by atoms with Gasteiger partial charge in [-0.25, -0.2) is 0 Å². The van der Waals surface area contributed by atoms with Gasteiger partial charge in [0.05, 0.1) is 5.56 Å². The normalized spacial score (nSPS) is 16.8. The van der Waals surface area contributed by atoms with E-state index < -0.39 is 0 Å². The van der Waals surface area contributed by atoms with Crippen LogP contribution in [0.1, 0.15) is 42.1 Å². The highest BCUT2D eigenvalue weighted by Crippen LogP contribution is 2.39. The summed E-state index contributed by atoms with van der Waals surface area (Å²) in [5, 5.41) is 6.13. The maximum atomic E-state index is 12.2. The maximum absolute atomic E-state index is 12.2. The Morgan fingerprint density at radius 1 is 1.39 bits per heavy atom. The first-order valence-corrected chi connectivity index (χ1v) is 6.61. The molecule has 0 saturated heterocycles. The van der Waals surface area contributed by atoms with Crippen LogP contribution >= 0.6 is 0 Å². The van der Waals surface area contributed by atoms with E-state index in [0.717, 1.165) is 23.4 Å². The van der Waals surface area contributed by atoms with E-state index in [1.807, 2.05) is 32.2 Å². The lowest BCUT2D eigenvalue weighted by atomic mass is 9.70. The lowest BCUT2D eigenvalue weighted by Gasteiger charge is -2.38. The molecule has 3 nitrogen and oxygen atoms in total. The van der Waals surface area contributed by atoms with Gasteiger partial charge in [0.15, 0.2) is 0 Å². The summed E-state index contributed by atoms with van der Waals surface area (Å²) < 4.78 is 0. The lowest BCUT2D eigenvalue weighted by molar-refractivity contribution is 0.0891. The summed E-state index contributed by atoms with van der Waals surface area (Å²) in [6, 6.07) is 5.90. The van der Waals surface area contributed by atoms with Crippen LogP contribution in [0.3, 0.4) is 0 Å². The van der Waals surface area contributed by atoms with Gasteiger partial charge < -0.3 is 10.6 Å². The maximum Gasteiger partial charge on any atom is 0.253 e. The van der Waals surface area contributed by atoms with Crippen molar-refractivity contribution in [1.29, 1.82) is 0 Å². The van der Waals surface area contributed by atoms with Gasteiger partial charge in [-0.05, 0) is 37.3 Å². The Labute approximate surface area is 109 Å². The summed E-state index contributed by atoms with van der Waals surface area (Å²) in [6.45, 7) is 5.03. The average Bonchev–Trinajstić information content (AvgIpc) is 2.33. The fourth-order valence-electron chi connectivity index (χ4n) is 2.41. The first kappa shape index (κ1) is 12.9. The second-order valence-corrected chi connectivity index (χ2v) is 5.65. The van der Waals surface area contributed by atoms with Gasteiger partial charge in [-0.2, -0.15) is 0 Å². The van der Waals surface area contributed by atoms with Gasteiger partial charge >= 0.3 is 0 Å². The van der Waals surface area contributed by atoms with Crippen molar-refractivity contribution < 1.29 is 4.79 Å². The minimum atomic E-state index is 0.0242. The number of hydrogen-bond donors (Lipinski definition) is 2. The molecule has 0 aromatic heterocycles. The van der Waals surface area contributed by atoms with Crippen molar-refractivity contribution in [3.05, 3.63) is 29.3 Å². The summed E-state index contributed by atoms with van der Waals surface area (Å²) >= 11 is 0. The molecule has 2 rings (SSSR count). The second-order valence-electron chi connectivity index (χ2n) is 5.65. The van der Waals surface area contributed by atoms with Crippen LogP contribution in [0.25, 0.3) is 0 Å². The molecule has 18 heavy (non-hydrogen) atoms. The van der Waals surface area contributed by atoms with Crippen molar-refractivity contribution in [3.8, 4) is 0 Å². The molecule has 3 heteroatoms. The molecule has 0 bridgehead atoms. The Balaban J connectivity index is 2.05. The third-order valence-corrected chi connectivity index (χ3v) is 3.93. The van der Waals surface area contributed by atoms with E-state index in [4.69, 9.17) is 0 Å². The third-order valence-electron chi connectivity index (χ3n) is 3.93. The van der Waals surface area contributed by atoms with Crippen LogP contribution in [0, 0.1) is 12.3 Å². The van der Waals surface area contributed by atoms with Crippen LogP contribution in [0.5, 0.6) is 0 Å². The zero-order valence-electron chi connectivity index (χ0n) is 11.5. The molecule has 1 saturated carbocycles. The predicted molar refractivity (Wildman–Crippen MR) is 75.0 cm³/mol. The summed E-state index contributed by atoms with van der Waals surface area (Å²) in [6.07, 6.45) is 3.73. The first-order chi connectivity index (χ1) is 8.54. The Morgan fingerprint density at radius 2 is 2.11 bits per heavy atom. The van der Waals surface area contributed by atoms with Crippen LogP contribution in [0.15, 0.2) is 18.2 Å². The summed E-state index contributed by atoms with van der Waals surface area (Å²) in [4.78, 5) is 12.2. The fraction of sp³-hybridized carbons (Fsp3) is 0.533. The molecule has 2 N–H and O–H groups in total. The molecule has 0 atom stereocenters. The third kappa shape index (κ3) is 2.66. The Morgan fingerprint density at radius 3 is 2.67 bits per heavy atom. The fourth-order valence-corrected chi connectivity index (χ4v) is 2.41. The van der Waals surface area contributed by atoms with Crippen LogP contribution in [0.2, 0.25) is 0 Å². The molecule has 98 valence electrons. The van der Waals surface area contributed by atoms with E-state index in [1.165, 1.54) is 19.3 Å². The number of anilines is 1. The number of benzene rings is 1. The molecular formula is C15H22N2O. The van der Waals surface area contributed by atoms with E-state index in [9.17, 15) is 4.79 Å². The monoisotopic (exact) mass is 246 g/mol.